The maximum atomic E-state index is 13.2. The summed E-state index contributed by atoms with van der Waals surface area (Å²) in [4.78, 5) is 12.0. The number of carbonyl (C=O) groups is 1. The number of Topliss-reactive ketones (excluding diaryl/α,β-unsaturated/α-hetero) is 1. The molecule has 0 saturated carbocycles. The van der Waals surface area contributed by atoms with Crippen LogP contribution in [-0.4, -0.2) is 12.4 Å². The molecule has 2 rings (SSSR count). The van der Waals surface area contributed by atoms with Crippen LogP contribution < -0.4 is 4.74 Å². The van der Waals surface area contributed by atoms with Crippen molar-refractivity contribution in [2.75, 3.05) is 6.61 Å². The van der Waals surface area contributed by atoms with Crippen molar-refractivity contribution in [1.29, 1.82) is 0 Å². The van der Waals surface area contributed by atoms with Crippen molar-refractivity contribution in [3.8, 4) is 5.75 Å². The smallest absolute Gasteiger partial charge is 0.200 e. The highest BCUT2D eigenvalue weighted by Gasteiger charge is 2.09. The Bertz CT molecular complexity index is 633. The highest BCUT2D eigenvalue weighted by atomic mass is 79.9. The van der Waals surface area contributed by atoms with Gasteiger partial charge in [-0.25, -0.2) is 4.39 Å². The third-order valence-corrected chi connectivity index (χ3v) is 3.49. The van der Waals surface area contributed by atoms with Crippen molar-refractivity contribution in [3.63, 3.8) is 0 Å². The molecule has 2 aromatic carbocycles. The second kappa shape index (κ2) is 6.18. The summed E-state index contributed by atoms with van der Waals surface area (Å²) in [6.07, 6.45) is 0. The van der Waals surface area contributed by atoms with Gasteiger partial charge in [0, 0.05) is 16.1 Å². The second-order valence-corrected chi connectivity index (χ2v) is 5.53. The molecule has 0 amide bonds. The van der Waals surface area contributed by atoms with Gasteiger partial charge in [-0.1, -0.05) is 28.1 Å². The van der Waals surface area contributed by atoms with E-state index in [-0.39, 0.29) is 12.4 Å². The van der Waals surface area contributed by atoms with E-state index in [2.05, 4.69) is 15.9 Å². The Balaban J connectivity index is 2.06. The van der Waals surface area contributed by atoms with Gasteiger partial charge in [-0.05, 0) is 43.2 Å². The summed E-state index contributed by atoms with van der Waals surface area (Å²) in [5.74, 6) is -0.212. The summed E-state index contributed by atoms with van der Waals surface area (Å²) in [5.41, 5.74) is 2.80. The Morgan fingerprint density at radius 1 is 1.15 bits per heavy atom. The van der Waals surface area contributed by atoms with E-state index in [1.54, 1.807) is 12.1 Å². The van der Waals surface area contributed by atoms with Gasteiger partial charge in [0.05, 0.1) is 0 Å². The normalized spacial score (nSPS) is 10.4. The lowest BCUT2D eigenvalue weighted by molar-refractivity contribution is 0.0921. The van der Waals surface area contributed by atoms with Gasteiger partial charge >= 0.3 is 0 Å². The van der Waals surface area contributed by atoms with Crippen LogP contribution in [0.4, 0.5) is 4.39 Å². The van der Waals surface area contributed by atoms with Crippen molar-refractivity contribution in [2.45, 2.75) is 13.8 Å². The van der Waals surface area contributed by atoms with Crippen LogP contribution in [0.3, 0.4) is 0 Å². The van der Waals surface area contributed by atoms with E-state index in [0.29, 0.717) is 15.8 Å². The number of hydrogen-bond donors (Lipinski definition) is 0. The van der Waals surface area contributed by atoms with Crippen LogP contribution in [-0.2, 0) is 0 Å². The molecule has 0 radical (unpaired) electrons. The van der Waals surface area contributed by atoms with Gasteiger partial charge in [0.2, 0.25) is 0 Å². The molecule has 0 aromatic heterocycles. The molecule has 0 N–H and O–H groups in total. The van der Waals surface area contributed by atoms with E-state index >= 15 is 0 Å². The minimum Gasteiger partial charge on any atom is -0.485 e. The van der Waals surface area contributed by atoms with Gasteiger partial charge in [0.25, 0.3) is 0 Å². The molecule has 4 heteroatoms. The number of ether oxygens (including phenoxy) is 1. The Morgan fingerprint density at radius 2 is 1.90 bits per heavy atom. The number of rotatable bonds is 4. The van der Waals surface area contributed by atoms with E-state index in [0.717, 1.165) is 11.1 Å². The SMILES string of the molecule is Cc1ccc(C(=O)COc2cc(F)cc(Br)c2)cc1C. The van der Waals surface area contributed by atoms with E-state index < -0.39 is 5.82 Å². The maximum Gasteiger partial charge on any atom is 0.200 e. The number of hydrogen-bond acceptors (Lipinski definition) is 2. The first kappa shape index (κ1) is 14.7. The predicted molar refractivity (Wildman–Crippen MR) is 79.8 cm³/mol. The number of ketones is 1. The molecule has 0 aliphatic carbocycles. The zero-order chi connectivity index (χ0) is 14.7. The molecule has 0 atom stereocenters. The number of benzene rings is 2. The van der Waals surface area contributed by atoms with E-state index in [4.69, 9.17) is 4.74 Å². The van der Waals surface area contributed by atoms with Gasteiger partial charge in [-0.15, -0.1) is 0 Å². The highest BCUT2D eigenvalue weighted by Crippen LogP contribution is 2.21. The van der Waals surface area contributed by atoms with Crippen LogP contribution in [0.2, 0.25) is 0 Å². The van der Waals surface area contributed by atoms with Crippen molar-refractivity contribution in [1.82, 2.24) is 0 Å². The monoisotopic (exact) mass is 336 g/mol. The van der Waals surface area contributed by atoms with Crippen molar-refractivity contribution >= 4 is 21.7 Å². The van der Waals surface area contributed by atoms with Crippen LogP contribution in [0.1, 0.15) is 21.5 Å². The molecule has 2 aromatic rings. The summed E-state index contributed by atoms with van der Waals surface area (Å²) >= 11 is 3.18. The third-order valence-electron chi connectivity index (χ3n) is 3.03. The second-order valence-electron chi connectivity index (χ2n) is 4.62. The average molecular weight is 337 g/mol. The molecule has 0 heterocycles. The average Bonchev–Trinajstić information content (AvgIpc) is 2.38. The summed E-state index contributed by atoms with van der Waals surface area (Å²) < 4.78 is 19.1. The maximum absolute atomic E-state index is 13.2. The lowest BCUT2D eigenvalue weighted by atomic mass is 10.0. The Kier molecular flexibility index (Phi) is 4.55. The van der Waals surface area contributed by atoms with E-state index in [1.807, 2.05) is 26.0 Å². The zero-order valence-electron chi connectivity index (χ0n) is 11.2. The van der Waals surface area contributed by atoms with Gasteiger partial charge in [0.1, 0.15) is 11.6 Å². The van der Waals surface area contributed by atoms with Gasteiger partial charge < -0.3 is 4.74 Å². The third kappa shape index (κ3) is 3.67. The minimum absolute atomic E-state index is 0.113. The van der Waals surface area contributed by atoms with Crippen molar-refractivity contribution < 1.29 is 13.9 Å². The summed E-state index contributed by atoms with van der Waals surface area (Å²) in [7, 11) is 0. The lowest BCUT2D eigenvalue weighted by Gasteiger charge is -2.07. The Hall–Kier alpha value is -1.68. The molecule has 0 aliphatic heterocycles. The van der Waals surface area contributed by atoms with Crippen LogP contribution in [0.5, 0.6) is 5.75 Å². The van der Waals surface area contributed by atoms with Crippen LogP contribution in [0, 0.1) is 19.7 Å². The molecule has 0 bridgehead atoms. The largest absolute Gasteiger partial charge is 0.485 e. The lowest BCUT2D eigenvalue weighted by Crippen LogP contribution is -2.12. The fraction of sp³-hybridized carbons (Fsp3) is 0.188. The van der Waals surface area contributed by atoms with Crippen molar-refractivity contribution in [3.05, 3.63) is 63.4 Å². The van der Waals surface area contributed by atoms with Crippen LogP contribution in [0.25, 0.3) is 0 Å². The predicted octanol–water partition coefficient (Wildman–Crippen LogP) is 4.47. The molecule has 0 spiro atoms. The first-order valence-corrected chi connectivity index (χ1v) is 6.94. The van der Waals surface area contributed by atoms with Crippen LogP contribution >= 0.6 is 15.9 Å². The zero-order valence-corrected chi connectivity index (χ0v) is 12.8. The highest BCUT2D eigenvalue weighted by molar-refractivity contribution is 9.10. The number of halogens is 2. The standard InChI is InChI=1S/C16H14BrFO2/c1-10-3-4-12(5-11(10)2)16(19)9-20-15-7-13(17)6-14(18)8-15/h3-8H,9H2,1-2H3. The molecule has 0 saturated heterocycles. The summed E-state index contributed by atoms with van der Waals surface area (Å²) in [6, 6.07) is 9.71. The molecular formula is C16H14BrFO2. The van der Waals surface area contributed by atoms with Crippen LogP contribution in [0.15, 0.2) is 40.9 Å². The molecule has 0 aliphatic rings. The Labute approximate surface area is 125 Å². The summed E-state index contributed by atoms with van der Waals surface area (Å²) in [6.45, 7) is 3.83. The molecule has 2 nitrogen and oxygen atoms in total. The molecular weight excluding hydrogens is 323 g/mol. The fourth-order valence-electron chi connectivity index (χ4n) is 1.76. The molecule has 20 heavy (non-hydrogen) atoms. The minimum atomic E-state index is -0.409. The Morgan fingerprint density at radius 3 is 2.55 bits per heavy atom. The molecule has 0 unspecified atom stereocenters. The van der Waals surface area contributed by atoms with E-state index in [9.17, 15) is 9.18 Å². The number of aryl methyl sites for hydroxylation is 2. The molecule has 104 valence electrons. The van der Waals surface area contributed by atoms with Gasteiger partial charge in [-0.3, -0.25) is 4.79 Å². The van der Waals surface area contributed by atoms with Crippen molar-refractivity contribution in [2.24, 2.45) is 0 Å². The molecule has 0 fully saturated rings. The summed E-state index contributed by atoms with van der Waals surface area (Å²) in [5, 5.41) is 0. The van der Waals surface area contributed by atoms with Gasteiger partial charge in [0.15, 0.2) is 12.4 Å². The first-order chi connectivity index (χ1) is 9.45. The number of carbonyl (C=O) groups excluding carboxylic acids is 1. The van der Waals surface area contributed by atoms with Gasteiger partial charge in [-0.2, -0.15) is 0 Å². The topological polar surface area (TPSA) is 26.3 Å². The first-order valence-electron chi connectivity index (χ1n) is 6.15. The fourth-order valence-corrected chi connectivity index (χ4v) is 2.20. The quantitative estimate of drug-likeness (QED) is 0.770. The van der Waals surface area contributed by atoms with E-state index in [1.165, 1.54) is 12.1 Å².